The lowest BCUT2D eigenvalue weighted by Crippen LogP contribution is -2.03. The van der Waals surface area contributed by atoms with E-state index in [2.05, 4.69) is 0 Å². The zero-order valence-corrected chi connectivity index (χ0v) is 18.0. The Morgan fingerprint density at radius 1 is 0.395 bits per heavy atom. The van der Waals surface area contributed by atoms with Gasteiger partial charge in [0.15, 0.2) is 46.5 Å². The van der Waals surface area contributed by atoms with Gasteiger partial charge in [0.1, 0.15) is 35.4 Å². The minimum Gasteiger partial charge on any atom is -0.203 e. The van der Waals surface area contributed by atoms with Crippen molar-refractivity contribution in [3.8, 4) is 46.5 Å². The topological polar surface area (TPSA) is 95.2 Å². The van der Waals surface area contributed by atoms with E-state index in [0.29, 0.717) is 0 Å². The van der Waals surface area contributed by atoms with Crippen LogP contribution < -0.4 is 0 Å². The molecular weight excluding hydrogens is 520 g/mol. The lowest BCUT2D eigenvalue weighted by Gasteiger charge is -2.09. The van der Waals surface area contributed by atoms with Gasteiger partial charge in [-0.2, -0.15) is 21.0 Å². The normalized spacial score (nSPS) is 12.0. The first-order chi connectivity index (χ1) is 18.0. The van der Waals surface area contributed by atoms with Crippen molar-refractivity contribution >= 4 is 11.1 Å². The van der Waals surface area contributed by atoms with Crippen molar-refractivity contribution in [2.45, 2.75) is 0 Å². The van der Waals surface area contributed by atoms with Gasteiger partial charge in [0.2, 0.25) is 0 Å². The van der Waals surface area contributed by atoms with Crippen LogP contribution in [0.2, 0.25) is 0 Å². The third-order valence-electron chi connectivity index (χ3n) is 6.22. The molecule has 182 valence electrons. The average molecular weight is 522 g/mol. The Kier molecular flexibility index (Phi) is 5.12. The summed E-state index contributed by atoms with van der Waals surface area (Å²) in [6, 6.07) is 7.21. The lowest BCUT2D eigenvalue weighted by molar-refractivity contribution is 0.410. The summed E-state index contributed by atoms with van der Waals surface area (Å²) >= 11 is 0. The van der Waals surface area contributed by atoms with Crippen LogP contribution in [0, 0.1) is 91.9 Å². The third kappa shape index (κ3) is 2.74. The number of nitriles is 4. The first-order valence-corrected chi connectivity index (χ1v) is 10.1. The Hall–Kier alpha value is -5.46. The molecule has 4 nitrogen and oxygen atoms in total. The van der Waals surface area contributed by atoms with Crippen LogP contribution in [0.1, 0.15) is 22.3 Å². The Morgan fingerprint density at radius 2 is 0.658 bits per heavy atom. The zero-order valence-electron chi connectivity index (χ0n) is 18.0. The van der Waals surface area contributed by atoms with Crippen molar-refractivity contribution in [2.24, 2.45) is 0 Å². The van der Waals surface area contributed by atoms with E-state index in [1.807, 2.05) is 0 Å². The molecule has 0 amide bonds. The number of fused-ring (bicyclic) bond motifs is 6. The van der Waals surface area contributed by atoms with Gasteiger partial charge in [-0.25, -0.2) is 35.1 Å². The second-order valence-corrected chi connectivity index (χ2v) is 7.90. The van der Waals surface area contributed by atoms with E-state index >= 15 is 0 Å². The molecule has 0 N–H and O–H groups in total. The van der Waals surface area contributed by atoms with Crippen LogP contribution in [0.25, 0.3) is 33.4 Å². The molecule has 38 heavy (non-hydrogen) atoms. The fourth-order valence-electron chi connectivity index (χ4n) is 4.73. The number of halogens is 8. The predicted octanol–water partition coefficient (Wildman–Crippen LogP) is 6.46. The van der Waals surface area contributed by atoms with Crippen LogP contribution in [-0.4, -0.2) is 0 Å². The third-order valence-corrected chi connectivity index (χ3v) is 6.22. The fraction of sp³-hybridized carbons (Fsp3) is 0. The van der Waals surface area contributed by atoms with E-state index in [0.717, 1.165) is 12.1 Å². The van der Waals surface area contributed by atoms with Crippen LogP contribution in [0.3, 0.4) is 0 Å². The monoisotopic (exact) mass is 522 g/mol. The van der Waals surface area contributed by atoms with Gasteiger partial charge in [-0.15, -0.1) is 0 Å². The van der Waals surface area contributed by atoms with E-state index in [4.69, 9.17) is 0 Å². The maximum atomic E-state index is 15.0. The van der Waals surface area contributed by atoms with Crippen molar-refractivity contribution < 1.29 is 35.1 Å². The summed E-state index contributed by atoms with van der Waals surface area (Å²) in [5.74, 6) is -16.8. The summed E-state index contributed by atoms with van der Waals surface area (Å²) in [6.45, 7) is 0. The van der Waals surface area contributed by atoms with Crippen LogP contribution in [0.15, 0.2) is 23.3 Å². The summed E-state index contributed by atoms with van der Waals surface area (Å²) in [4.78, 5) is 0. The summed E-state index contributed by atoms with van der Waals surface area (Å²) in [5.41, 5.74) is -9.25. The predicted molar refractivity (Wildman–Crippen MR) is 111 cm³/mol. The molecule has 2 aliphatic rings. The lowest BCUT2D eigenvalue weighted by atomic mass is 9.93. The van der Waals surface area contributed by atoms with Gasteiger partial charge in [-0.3, -0.25) is 0 Å². The van der Waals surface area contributed by atoms with Crippen molar-refractivity contribution in [3.63, 3.8) is 0 Å². The average Bonchev–Trinajstić information content (AvgIpc) is 3.42. The first kappa shape index (κ1) is 24.2. The quantitative estimate of drug-likeness (QED) is 0.101. The van der Waals surface area contributed by atoms with Gasteiger partial charge < -0.3 is 0 Å². The number of nitrogens with zero attached hydrogens (tertiary/aromatic N) is 4. The van der Waals surface area contributed by atoms with Crippen molar-refractivity contribution in [2.75, 3.05) is 0 Å². The Labute approximate surface area is 206 Å². The highest BCUT2D eigenvalue weighted by Crippen LogP contribution is 2.56. The summed E-state index contributed by atoms with van der Waals surface area (Å²) < 4.78 is 117. The van der Waals surface area contributed by atoms with Gasteiger partial charge in [-0.05, 0) is 34.4 Å². The highest BCUT2D eigenvalue weighted by molar-refractivity contribution is 6.11. The van der Waals surface area contributed by atoms with Crippen molar-refractivity contribution in [3.05, 3.63) is 92.1 Å². The molecule has 0 atom stereocenters. The number of allylic oxidation sites excluding steroid dienone is 2. The summed E-state index contributed by atoms with van der Waals surface area (Å²) in [5, 5.41) is 37.6. The highest BCUT2D eigenvalue weighted by Gasteiger charge is 2.42. The minimum absolute atomic E-state index is 0.466. The zero-order chi connectivity index (χ0) is 27.8. The smallest absolute Gasteiger partial charge is 0.198 e. The molecule has 0 bridgehead atoms. The maximum absolute atomic E-state index is 15.0. The largest absolute Gasteiger partial charge is 0.203 e. The minimum atomic E-state index is -2.26. The highest BCUT2D eigenvalue weighted by atomic mass is 19.2. The standard InChI is InChI=1S/C26H2F8N4/c27-19-15-11-1-9-12(2-10(11)14(8(5-37)6-38)18(15)22(30)26(34)23(19)31)16-17(13(9)7(3-35)4-36)21(29)25(33)24(32)20(16)28/h1-2H. The molecule has 0 radical (unpaired) electrons. The molecule has 0 saturated carbocycles. The molecule has 0 unspecified atom stereocenters. The number of rotatable bonds is 0. The Morgan fingerprint density at radius 3 is 0.921 bits per heavy atom. The van der Waals surface area contributed by atoms with Gasteiger partial charge in [0.25, 0.3) is 0 Å². The van der Waals surface area contributed by atoms with E-state index in [9.17, 15) is 56.2 Å². The maximum Gasteiger partial charge on any atom is 0.198 e. The fourth-order valence-corrected chi connectivity index (χ4v) is 4.73. The number of hydrogen-bond donors (Lipinski definition) is 0. The molecule has 12 heteroatoms. The van der Waals surface area contributed by atoms with Gasteiger partial charge in [0.05, 0.1) is 0 Å². The SMILES string of the molecule is N#CC(C#N)=C1c2cc3c(cc2-c2c(F)c(F)c(F)c(F)c21)C(=C(C#N)C#N)c1c(F)c(F)c(F)c(F)c1-3. The van der Waals surface area contributed by atoms with E-state index in [1.165, 1.54) is 24.3 Å². The molecule has 5 rings (SSSR count). The molecular formula is C26H2F8N4. The van der Waals surface area contributed by atoms with Gasteiger partial charge in [-0.1, -0.05) is 0 Å². The molecule has 3 aromatic rings. The van der Waals surface area contributed by atoms with Crippen molar-refractivity contribution in [1.82, 2.24) is 0 Å². The summed E-state index contributed by atoms with van der Waals surface area (Å²) in [6.07, 6.45) is 0. The number of benzene rings is 3. The molecule has 0 aromatic heterocycles. The molecule has 0 fully saturated rings. The second kappa shape index (κ2) is 8.03. The first-order valence-electron chi connectivity index (χ1n) is 10.1. The van der Waals surface area contributed by atoms with E-state index in [1.54, 1.807) is 0 Å². The Bertz CT molecular complexity index is 1770. The van der Waals surface area contributed by atoms with Gasteiger partial charge in [0, 0.05) is 33.4 Å². The van der Waals surface area contributed by atoms with Gasteiger partial charge >= 0.3 is 0 Å². The molecule has 2 aliphatic carbocycles. The van der Waals surface area contributed by atoms with Crippen LogP contribution in [-0.2, 0) is 0 Å². The molecule has 0 spiro atoms. The van der Waals surface area contributed by atoms with Crippen LogP contribution in [0.5, 0.6) is 0 Å². The second-order valence-electron chi connectivity index (χ2n) is 7.90. The molecule has 3 aromatic carbocycles. The van der Waals surface area contributed by atoms with Crippen LogP contribution >= 0.6 is 0 Å². The summed E-state index contributed by atoms with van der Waals surface area (Å²) in [7, 11) is 0. The van der Waals surface area contributed by atoms with Crippen LogP contribution in [0.4, 0.5) is 35.1 Å². The Balaban J connectivity index is 2.06. The molecule has 0 saturated heterocycles. The molecule has 0 aliphatic heterocycles. The van der Waals surface area contributed by atoms with E-state index < -0.39 is 113 Å². The number of hydrogen-bond acceptors (Lipinski definition) is 4. The molecule has 0 heterocycles. The van der Waals surface area contributed by atoms with E-state index in [-0.39, 0.29) is 0 Å². The van der Waals surface area contributed by atoms with Crippen molar-refractivity contribution in [1.29, 1.82) is 21.0 Å².